The molecule has 88 valence electrons. The van der Waals surface area contributed by atoms with Crippen molar-refractivity contribution in [2.45, 2.75) is 26.8 Å². The lowest BCUT2D eigenvalue weighted by atomic mass is 10.0. The molecule has 0 aromatic heterocycles. The maximum atomic E-state index is 12.2. The smallest absolute Gasteiger partial charge is 0.179 e. The average molecular weight is 284 g/mol. The van der Waals surface area contributed by atoms with Crippen LogP contribution in [0.15, 0.2) is 28.7 Å². The lowest BCUT2D eigenvalue weighted by molar-refractivity contribution is 0.0851. The zero-order chi connectivity index (χ0) is 12.1. The summed E-state index contributed by atoms with van der Waals surface area (Å²) in [5.74, 6) is 0.191. The summed E-state index contributed by atoms with van der Waals surface area (Å²) in [6.45, 7) is 7.93. The highest BCUT2D eigenvalue weighted by Gasteiger charge is 2.19. The molecule has 2 nitrogen and oxygen atoms in total. The third-order valence-corrected chi connectivity index (χ3v) is 3.40. The number of hydrogen-bond donors (Lipinski definition) is 0. The van der Waals surface area contributed by atoms with Crippen LogP contribution in [0.3, 0.4) is 0 Å². The van der Waals surface area contributed by atoms with E-state index >= 15 is 0 Å². The van der Waals surface area contributed by atoms with Gasteiger partial charge in [0.1, 0.15) is 0 Å². The minimum Gasteiger partial charge on any atom is -0.294 e. The van der Waals surface area contributed by atoms with E-state index in [-0.39, 0.29) is 11.8 Å². The van der Waals surface area contributed by atoms with Crippen LogP contribution in [0.4, 0.5) is 0 Å². The number of carbonyl (C=O) groups is 1. The summed E-state index contributed by atoms with van der Waals surface area (Å²) >= 11 is 3.37. The van der Waals surface area contributed by atoms with Crippen LogP contribution < -0.4 is 0 Å². The van der Waals surface area contributed by atoms with Crippen molar-refractivity contribution in [3.8, 4) is 0 Å². The van der Waals surface area contributed by atoms with Gasteiger partial charge in [-0.3, -0.25) is 9.69 Å². The zero-order valence-electron chi connectivity index (χ0n) is 10.0. The fourth-order valence-corrected chi connectivity index (χ4v) is 2.06. The van der Waals surface area contributed by atoms with Crippen LogP contribution in [0, 0.1) is 0 Å². The quantitative estimate of drug-likeness (QED) is 0.773. The van der Waals surface area contributed by atoms with Crippen molar-refractivity contribution in [3.05, 3.63) is 34.3 Å². The van der Waals surface area contributed by atoms with Crippen LogP contribution in [-0.4, -0.2) is 29.8 Å². The lowest BCUT2D eigenvalue weighted by Crippen LogP contribution is -2.38. The van der Waals surface area contributed by atoms with E-state index in [1.807, 2.05) is 31.2 Å². The van der Waals surface area contributed by atoms with Gasteiger partial charge in [0.05, 0.1) is 6.04 Å². The van der Waals surface area contributed by atoms with Gasteiger partial charge in [-0.25, -0.2) is 0 Å². The molecule has 16 heavy (non-hydrogen) atoms. The number of benzene rings is 1. The second kappa shape index (κ2) is 6.16. The normalized spacial score (nSPS) is 12.8. The number of ketones is 1. The Balaban J connectivity index is 2.81. The number of likely N-dealkylation sites (N-methyl/N-ethyl adjacent to an activating group) is 1. The van der Waals surface area contributed by atoms with Crippen molar-refractivity contribution in [1.82, 2.24) is 4.90 Å². The monoisotopic (exact) mass is 283 g/mol. The van der Waals surface area contributed by atoms with Crippen molar-refractivity contribution in [2.75, 3.05) is 13.1 Å². The molecule has 0 fully saturated rings. The summed E-state index contributed by atoms with van der Waals surface area (Å²) in [5, 5.41) is 0. The highest BCUT2D eigenvalue weighted by Crippen LogP contribution is 2.13. The van der Waals surface area contributed by atoms with Crippen molar-refractivity contribution in [1.29, 1.82) is 0 Å². The van der Waals surface area contributed by atoms with Crippen molar-refractivity contribution < 1.29 is 4.79 Å². The van der Waals surface area contributed by atoms with Crippen molar-refractivity contribution >= 4 is 21.7 Å². The number of nitrogens with zero attached hydrogens (tertiary/aromatic N) is 1. The molecule has 0 aliphatic heterocycles. The van der Waals surface area contributed by atoms with E-state index in [1.54, 1.807) is 0 Å². The molecule has 0 N–H and O–H groups in total. The zero-order valence-corrected chi connectivity index (χ0v) is 11.6. The summed E-state index contributed by atoms with van der Waals surface area (Å²) < 4.78 is 1.000. The third-order valence-electron chi connectivity index (χ3n) is 2.87. The Labute approximate surface area is 106 Å². The topological polar surface area (TPSA) is 20.3 Å². The summed E-state index contributed by atoms with van der Waals surface area (Å²) in [5.41, 5.74) is 0.780. The van der Waals surface area contributed by atoms with Gasteiger partial charge in [-0.05, 0) is 32.1 Å². The van der Waals surface area contributed by atoms with E-state index in [2.05, 4.69) is 34.7 Å². The Kier molecular flexibility index (Phi) is 5.16. The lowest BCUT2D eigenvalue weighted by Gasteiger charge is -2.25. The Hall–Kier alpha value is -0.670. The van der Waals surface area contributed by atoms with Gasteiger partial charge < -0.3 is 0 Å². The molecule has 0 aliphatic rings. The molecule has 3 heteroatoms. The van der Waals surface area contributed by atoms with Crippen molar-refractivity contribution in [3.63, 3.8) is 0 Å². The van der Waals surface area contributed by atoms with E-state index in [0.717, 1.165) is 23.1 Å². The average Bonchev–Trinajstić information content (AvgIpc) is 2.30. The number of hydrogen-bond acceptors (Lipinski definition) is 2. The third kappa shape index (κ3) is 3.16. The van der Waals surface area contributed by atoms with Crippen LogP contribution in [-0.2, 0) is 0 Å². The Morgan fingerprint density at radius 2 is 1.75 bits per heavy atom. The number of carbonyl (C=O) groups excluding carboxylic acids is 1. The molecule has 1 rings (SSSR count). The standard InChI is InChI=1S/C13H18BrNO/c1-4-15(5-2)10(3)13(16)11-6-8-12(14)9-7-11/h6-10H,4-5H2,1-3H3. The predicted octanol–water partition coefficient (Wildman–Crippen LogP) is 3.36. The maximum absolute atomic E-state index is 12.2. The molecule has 0 saturated heterocycles. The molecule has 0 saturated carbocycles. The fraction of sp³-hybridized carbons (Fsp3) is 0.462. The molecule has 1 unspecified atom stereocenters. The highest BCUT2D eigenvalue weighted by molar-refractivity contribution is 9.10. The van der Waals surface area contributed by atoms with E-state index in [4.69, 9.17) is 0 Å². The van der Waals surface area contributed by atoms with Gasteiger partial charge in [-0.15, -0.1) is 0 Å². The molecule has 0 radical (unpaired) electrons. The van der Waals surface area contributed by atoms with E-state index in [9.17, 15) is 4.79 Å². The molecule has 1 aromatic rings. The SMILES string of the molecule is CCN(CC)C(C)C(=O)c1ccc(Br)cc1. The second-order valence-electron chi connectivity index (χ2n) is 3.77. The first-order chi connectivity index (χ1) is 7.60. The molecule has 1 atom stereocenters. The minimum absolute atomic E-state index is 0.0452. The Morgan fingerprint density at radius 3 is 2.19 bits per heavy atom. The summed E-state index contributed by atoms with van der Waals surface area (Å²) in [6.07, 6.45) is 0. The predicted molar refractivity (Wildman–Crippen MR) is 70.9 cm³/mol. The van der Waals surface area contributed by atoms with Gasteiger partial charge in [0.2, 0.25) is 0 Å². The van der Waals surface area contributed by atoms with Gasteiger partial charge in [-0.2, -0.15) is 0 Å². The molecule has 0 amide bonds. The molecule has 0 bridgehead atoms. The van der Waals surface area contributed by atoms with Gasteiger partial charge in [0.25, 0.3) is 0 Å². The van der Waals surface area contributed by atoms with Crippen LogP contribution >= 0.6 is 15.9 Å². The first kappa shape index (κ1) is 13.4. The molecule has 0 heterocycles. The molecule has 0 spiro atoms. The van der Waals surface area contributed by atoms with Crippen LogP contribution in [0.1, 0.15) is 31.1 Å². The van der Waals surface area contributed by atoms with Gasteiger partial charge in [0.15, 0.2) is 5.78 Å². The van der Waals surface area contributed by atoms with E-state index in [1.165, 1.54) is 0 Å². The first-order valence-corrected chi connectivity index (χ1v) is 6.43. The molecular weight excluding hydrogens is 266 g/mol. The van der Waals surface area contributed by atoms with E-state index < -0.39 is 0 Å². The second-order valence-corrected chi connectivity index (χ2v) is 4.68. The largest absolute Gasteiger partial charge is 0.294 e. The number of Topliss-reactive ketones (excluding diaryl/α,β-unsaturated/α-hetero) is 1. The van der Waals surface area contributed by atoms with Crippen LogP contribution in [0.2, 0.25) is 0 Å². The minimum atomic E-state index is -0.0452. The summed E-state index contributed by atoms with van der Waals surface area (Å²) in [6, 6.07) is 7.50. The Morgan fingerprint density at radius 1 is 1.25 bits per heavy atom. The molecule has 1 aromatic carbocycles. The Bertz CT molecular complexity index is 343. The number of halogens is 1. The van der Waals surface area contributed by atoms with E-state index in [0.29, 0.717) is 0 Å². The highest BCUT2D eigenvalue weighted by atomic mass is 79.9. The first-order valence-electron chi connectivity index (χ1n) is 5.64. The van der Waals surface area contributed by atoms with Crippen LogP contribution in [0.5, 0.6) is 0 Å². The van der Waals surface area contributed by atoms with Crippen LogP contribution in [0.25, 0.3) is 0 Å². The maximum Gasteiger partial charge on any atom is 0.179 e. The molecule has 0 aliphatic carbocycles. The van der Waals surface area contributed by atoms with Gasteiger partial charge >= 0.3 is 0 Å². The molecular formula is C13H18BrNO. The van der Waals surface area contributed by atoms with Gasteiger partial charge in [0, 0.05) is 10.0 Å². The summed E-state index contributed by atoms with van der Waals surface area (Å²) in [4.78, 5) is 14.3. The fourth-order valence-electron chi connectivity index (χ4n) is 1.79. The number of rotatable bonds is 5. The summed E-state index contributed by atoms with van der Waals surface area (Å²) in [7, 11) is 0. The van der Waals surface area contributed by atoms with Crippen molar-refractivity contribution in [2.24, 2.45) is 0 Å². The van der Waals surface area contributed by atoms with Gasteiger partial charge in [-0.1, -0.05) is 41.9 Å².